The van der Waals surface area contributed by atoms with E-state index in [9.17, 15) is 9.59 Å². The van der Waals surface area contributed by atoms with Gasteiger partial charge in [-0.05, 0) is 36.4 Å². The van der Waals surface area contributed by atoms with Crippen LogP contribution in [-0.4, -0.2) is 28.4 Å². The van der Waals surface area contributed by atoms with Crippen molar-refractivity contribution in [3.8, 4) is 0 Å². The minimum atomic E-state index is -0.370. The van der Waals surface area contributed by atoms with Gasteiger partial charge in [-0.25, -0.2) is 9.78 Å². The number of nitrogens with zero attached hydrogens (tertiary/aromatic N) is 2. The Balaban J connectivity index is 1.79. The molecule has 0 atom stereocenters. The van der Waals surface area contributed by atoms with Gasteiger partial charge in [-0.15, -0.1) is 0 Å². The minimum Gasteiger partial charge on any atom is -0.341 e. The van der Waals surface area contributed by atoms with Crippen molar-refractivity contribution < 1.29 is 9.59 Å². The standard InChI is InChI=1S/C16H14ClN5O2/c1-18-16(24)20-11-7-5-10(6-8-11)19-15(23)13-14(17)21-12-4-2-3-9-22(12)13/h2-9H,1H3,(H,19,23)(H2,18,20,24). The van der Waals surface area contributed by atoms with Crippen molar-refractivity contribution >= 4 is 40.6 Å². The van der Waals surface area contributed by atoms with Gasteiger partial charge in [-0.2, -0.15) is 0 Å². The van der Waals surface area contributed by atoms with Crippen molar-refractivity contribution in [1.82, 2.24) is 14.7 Å². The fraction of sp³-hybridized carbons (Fsp3) is 0.0625. The number of imidazole rings is 1. The molecular formula is C16H14ClN5O2. The second-order valence-electron chi connectivity index (χ2n) is 4.92. The Morgan fingerprint density at radius 2 is 1.71 bits per heavy atom. The molecule has 0 saturated carbocycles. The van der Waals surface area contributed by atoms with Crippen LogP contribution in [0.25, 0.3) is 5.65 Å². The molecule has 0 bridgehead atoms. The van der Waals surface area contributed by atoms with Crippen molar-refractivity contribution in [3.63, 3.8) is 0 Å². The molecule has 0 aliphatic heterocycles. The van der Waals surface area contributed by atoms with Crippen molar-refractivity contribution in [2.75, 3.05) is 17.7 Å². The third-order valence-corrected chi connectivity index (χ3v) is 3.59. The second-order valence-corrected chi connectivity index (χ2v) is 5.27. The van der Waals surface area contributed by atoms with Crippen molar-refractivity contribution in [2.24, 2.45) is 0 Å². The predicted octanol–water partition coefficient (Wildman–Crippen LogP) is 2.99. The van der Waals surface area contributed by atoms with Crippen molar-refractivity contribution in [1.29, 1.82) is 0 Å². The molecule has 2 aromatic heterocycles. The van der Waals surface area contributed by atoms with E-state index >= 15 is 0 Å². The molecule has 0 fully saturated rings. The quantitative estimate of drug-likeness (QED) is 0.683. The zero-order valence-electron chi connectivity index (χ0n) is 12.7. The van der Waals surface area contributed by atoms with Crippen LogP contribution < -0.4 is 16.0 Å². The molecule has 3 amide bonds. The highest BCUT2D eigenvalue weighted by Crippen LogP contribution is 2.20. The van der Waals surface area contributed by atoms with Gasteiger partial charge in [0.25, 0.3) is 5.91 Å². The molecule has 7 nitrogen and oxygen atoms in total. The summed E-state index contributed by atoms with van der Waals surface area (Å²) in [6, 6.07) is 11.8. The first-order chi connectivity index (χ1) is 11.6. The van der Waals surface area contributed by atoms with Crippen LogP contribution >= 0.6 is 11.6 Å². The number of carbonyl (C=O) groups is 2. The largest absolute Gasteiger partial charge is 0.341 e. The molecule has 3 N–H and O–H groups in total. The minimum absolute atomic E-state index is 0.136. The zero-order valence-corrected chi connectivity index (χ0v) is 13.5. The van der Waals surface area contributed by atoms with Crippen LogP contribution in [-0.2, 0) is 0 Å². The Morgan fingerprint density at radius 3 is 2.38 bits per heavy atom. The second kappa shape index (κ2) is 6.59. The van der Waals surface area contributed by atoms with E-state index in [1.165, 1.54) is 7.05 Å². The first kappa shape index (κ1) is 15.8. The topological polar surface area (TPSA) is 87.5 Å². The van der Waals surface area contributed by atoms with Crippen LogP contribution in [0.2, 0.25) is 5.15 Å². The summed E-state index contributed by atoms with van der Waals surface area (Å²) in [4.78, 5) is 27.9. The lowest BCUT2D eigenvalue weighted by molar-refractivity contribution is 0.102. The van der Waals surface area contributed by atoms with Crippen molar-refractivity contribution in [3.05, 3.63) is 59.5 Å². The predicted molar refractivity (Wildman–Crippen MR) is 92.7 cm³/mol. The lowest BCUT2D eigenvalue weighted by Crippen LogP contribution is -2.24. The summed E-state index contributed by atoms with van der Waals surface area (Å²) in [7, 11) is 1.53. The zero-order chi connectivity index (χ0) is 17.1. The molecule has 8 heteroatoms. The number of fused-ring (bicyclic) bond motifs is 1. The van der Waals surface area contributed by atoms with Gasteiger partial charge < -0.3 is 16.0 Å². The summed E-state index contributed by atoms with van der Waals surface area (Å²) in [5.41, 5.74) is 2.04. The van der Waals surface area contributed by atoms with Crippen molar-refractivity contribution in [2.45, 2.75) is 0 Å². The monoisotopic (exact) mass is 343 g/mol. The maximum atomic E-state index is 12.5. The SMILES string of the molecule is CNC(=O)Nc1ccc(NC(=O)c2c(Cl)nc3ccccn23)cc1. The van der Waals surface area contributed by atoms with E-state index in [-0.39, 0.29) is 22.8 Å². The summed E-state index contributed by atoms with van der Waals surface area (Å²) in [6.45, 7) is 0. The van der Waals surface area contributed by atoms with Crippen LogP contribution in [0.1, 0.15) is 10.5 Å². The summed E-state index contributed by atoms with van der Waals surface area (Å²) >= 11 is 6.08. The van der Waals surface area contributed by atoms with E-state index in [0.29, 0.717) is 17.0 Å². The summed E-state index contributed by atoms with van der Waals surface area (Å²) in [5, 5.41) is 7.99. The molecule has 0 aliphatic rings. The molecule has 0 spiro atoms. The van der Waals surface area contributed by atoms with E-state index in [4.69, 9.17) is 11.6 Å². The van der Waals surface area contributed by atoms with Gasteiger partial charge >= 0.3 is 6.03 Å². The molecular weight excluding hydrogens is 330 g/mol. The first-order valence-corrected chi connectivity index (χ1v) is 7.49. The van der Waals surface area contributed by atoms with E-state index in [1.807, 2.05) is 6.07 Å². The Kier molecular flexibility index (Phi) is 4.35. The van der Waals surface area contributed by atoms with Gasteiger partial charge in [-0.3, -0.25) is 9.20 Å². The normalized spacial score (nSPS) is 10.4. The number of anilines is 2. The maximum Gasteiger partial charge on any atom is 0.318 e. The number of aromatic nitrogens is 2. The number of halogens is 1. The van der Waals surface area contributed by atoms with Gasteiger partial charge in [0, 0.05) is 24.6 Å². The molecule has 2 heterocycles. The van der Waals surface area contributed by atoms with Crippen LogP contribution in [0.3, 0.4) is 0 Å². The fourth-order valence-corrected chi connectivity index (χ4v) is 2.45. The van der Waals surface area contributed by atoms with Crippen LogP contribution in [0.15, 0.2) is 48.7 Å². The van der Waals surface area contributed by atoms with E-state index < -0.39 is 0 Å². The summed E-state index contributed by atoms with van der Waals surface area (Å²) in [5.74, 6) is -0.370. The molecule has 0 saturated heterocycles. The number of hydrogen-bond acceptors (Lipinski definition) is 3. The lowest BCUT2D eigenvalue weighted by Gasteiger charge is -2.08. The summed E-state index contributed by atoms with van der Waals surface area (Å²) in [6.07, 6.45) is 1.72. The number of amides is 3. The first-order valence-electron chi connectivity index (χ1n) is 7.11. The summed E-state index contributed by atoms with van der Waals surface area (Å²) < 4.78 is 1.62. The average molecular weight is 344 g/mol. The molecule has 0 unspecified atom stereocenters. The number of urea groups is 1. The molecule has 3 rings (SSSR count). The van der Waals surface area contributed by atoms with Gasteiger partial charge in [-0.1, -0.05) is 17.7 Å². The molecule has 24 heavy (non-hydrogen) atoms. The van der Waals surface area contributed by atoms with Gasteiger partial charge in [0.2, 0.25) is 0 Å². The van der Waals surface area contributed by atoms with Gasteiger partial charge in [0.1, 0.15) is 5.65 Å². The Hall–Kier alpha value is -3.06. The number of carbonyl (C=O) groups excluding carboxylic acids is 2. The third kappa shape index (κ3) is 3.16. The Bertz CT molecular complexity index is 904. The number of rotatable bonds is 3. The number of nitrogens with one attached hydrogen (secondary N) is 3. The molecule has 1 aromatic carbocycles. The molecule has 3 aromatic rings. The Morgan fingerprint density at radius 1 is 1.04 bits per heavy atom. The lowest BCUT2D eigenvalue weighted by atomic mass is 10.2. The fourth-order valence-electron chi connectivity index (χ4n) is 2.19. The van der Waals surface area contributed by atoms with Gasteiger partial charge in [0.05, 0.1) is 0 Å². The molecule has 0 radical (unpaired) electrons. The van der Waals surface area contributed by atoms with Crippen LogP contribution in [0.4, 0.5) is 16.2 Å². The molecule has 0 aliphatic carbocycles. The highest BCUT2D eigenvalue weighted by Gasteiger charge is 2.17. The highest BCUT2D eigenvalue weighted by atomic mass is 35.5. The number of benzene rings is 1. The third-order valence-electron chi connectivity index (χ3n) is 3.33. The number of hydrogen-bond donors (Lipinski definition) is 3. The highest BCUT2D eigenvalue weighted by molar-refractivity contribution is 6.33. The number of pyridine rings is 1. The smallest absolute Gasteiger partial charge is 0.318 e. The van der Waals surface area contributed by atoms with E-state index in [2.05, 4.69) is 20.9 Å². The van der Waals surface area contributed by atoms with Gasteiger partial charge in [0.15, 0.2) is 10.8 Å². The van der Waals surface area contributed by atoms with Crippen LogP contribution in [0.5, 0.6) is 0 Å². The maximum absolute atomic E-state index is 12.5. The average Bonchev–Trinajstić information content (AvgIpc) is 2.92. The Labute approximate surface area is 142 Å². The van der Waals surface area contributed by atoms with Crippen LogP contribution in [0, 0.1) is 0 Å². The van der Waals surface area contributed by atoms with E-state index in [0.717, 1.165) is 0 Å². The van der Waals surface area contributed by atoms with E-state index in [1.54, 1.807) is 47.0 Å². The molecule has 122 valence electrons.